The molecule has 0 atom stereocenters. The number of carbonyl (C=O) groups is 2. The van der Waals surface area contributed by atoms with Crippen LogP contribution in [0.4, 0.5) is 0 Å². The van der Waals surface area contributed by atoms with Crippen LogP contribution in [0.25, 0.3) is 0 Å². The maximum Gasteiger partial charge on any atom is 0.329 e. The molecular formula is C13H17N3O2S. The summed E-state index contributed by atoms with van der Waals surface area (Å²) in [6.45, 7) is 3.56. The summed E-state index contributed by atoms with van der Waals surface area (Å²) in [6, 6.07) is 7.60. The highest BCUT2D eigenvalue weighted by Crippen LogP contribution is 2.13. The Balaban J connectivity index is 2.48. The van der Waals surface area contributed by atoms with Crippen LogP contribution in [0.5, 0.6) is 0 Å². The molecule has 0 spiro atoms. The zero-order valence-corrected chi connectivity index (χ0v) is 12.0. The van der Waals surface area contributed by atoms with E-state index < -0.39 is 11.8 Å². The quantitative estimate of drug-likeness (QED) is 0.378. The zero-order chi connectivity index (χ0) is 14.3. The summed E-state index contributed by atoms with van der Waals surface area (Å²) in [7, 11) is 0. The largest absolute Gasteiger partial charge is 0.346 e. The second kappa shape index (κ2) is 7.58. The van der Waals surface area contributed by atoms with Gasteiger partial charge in [-0.2, -0.15) is 5.10 Å². The summed E-state index contributed by atoms with van der Waals surface area (Å²) < 4.78 is 0. The van der Waals surface area contributed by atoms with Crippen molar-refractivity contribution in [2.24, 2.45) is 5.10 Å². The van der Waals surface area contributed by atoms with Gasteiger partial charge in [-0.3, -0.25) is 9.59 Å². The van der Waals surface area contributed by atoms with Gasteiger partial charge in [0, 0.05) is 10.9 Å². The van der Waals surface area contributed by atoms with Gasteiger partial charge < -0.3 is 5.32 Å². The van der Waals surface area contributed by atoms with Crippen molar-refractivity contribution in [3.63, 3.8) is 0 Å². The lowest BCUT2D eigenvalue weighted by Crippen LogP contribution is -2.41. The molecule has 0 fully saturated rings. The molecule has 102 valence electrons. The van der Waals surface area contributed by atoms with Crippen LogP contribution < -0.4 is 10.7 Å². The van der Waals surface area contributed by atoms with Gasteiger partial charge in [0.25, 0.3) is 0 Å². The lowest BCUT2D eigenvalue weighted by atomic mass is 10.2. The van der Waals surface area contributed by atoms with Crippen molar-refractivity contribution in [1.82, 2.24) is 10.7 Å². The smallest absolute Gasteiger partial charge is 0.329 e. The fraction of sp³-hybridized carbons (Fsp3) is 0.308. The first-order valence-electron chi connectivity index (χ1n) is 5.81. The third-order valence-corrected chi connectivity index (χ3v) is 2.87. The van der Waals surface area contributed by atoms with E-state index in [0.717, 1.165) is 10.5 Å². The molecule has 0 saturated heterocycles. The minimum atomic E-state index is -0.773. The van der Waals surface area contributed by atoms with Gasteiger partial charge in [0.15, 0.2) is 0 Å². The molecule has 0 aromatic heterocycles. The van der Waals surface area contributed by atoms with Gasteiger partial charge >= 0.3 is 11.8 Å². The van der Waals surface area contributed by atoms with Crippen molar-refractivity contribution in [1.29, 1.82) is 0 Å². The SMILES string of the molecule is CSc1ccc(/C=N\NC(=O)C(=O)NC(C)C)cc1. The van der Waals surface area contributed by atoms with Crippen molar-refractivity contribution >= 4 is 29.8 Å². The molecule has 0 aliphatic carbocycles. The van der Waals surface area contributed by atoms with Crippen molar-refractivity contribution in [2.45, 2.75) is 24.8 Å². The van der Waals surface area contributed by atoms with E-state index in [-0.39, 0.29) is 6.04 Å². The number of amides is 2. The number of hydrazone groups is 1. The molecule has 2 amide bonds. The molecule has 0 heterocycles. The maximum atomic E-state index is 11.3. The first-order valence-corrected chi connectivity index (χ1v) is 7.03. The van der Waals surface area contributed by atoms with E-state index in [1.54, 1.807) is 25.6 Å². The minimum Gasteiger partial charge on any atom is -0.346 e. The van der Waals surface area contributed by atoms with Gasteiger partial charge in [-0.05, 0) is 37.8 Å². The Morgan fingerprint density at radius 2 is 1.84 bits per heavy atom. The number of thioether (sulfide) groups is 1. The molecule has 0 bridgehead atoms. The van der Waals surface area contributed by atoms with E-state index in [0.29, 0.717) is 0 Å². The van der Waals surface area contributed by atoms with Crippen LogP contribution >= 0.6 is 11.8 Å². The van der Waals surface area contributed by atoms with Crippen molar-refractivity contribution < 1.29 is 9.59 Å². The lowest BCUT2D eigenvalue weighted by molar-refractivity contribution is -0.139. The predicted octanol–water partition coefficient (Wildman–Crippen LogP) is 1.38. The van der Waals surface area contributed by atoms with Crippen LogP contribution in [-0.4, -0.2) is 30.3 Å². The summed E-state index contributed by atoms with van der Waals surface area (Å²) in [5.74, 6) is -1.46. The number of nitrogens with zero attached hydrogens (tertiary/aromatic N) is 1. The monoisotopic (exact) mass is 279 g/mol. The maximum absolute atomic E-state index is 11.3. The van der Waals surface area contributed by atoms with E-state index in [9.17, 15) is 9.59 Å². The van der Waals surface area contributed by atoms with Gasteiger partial charge in [0.2, 0.25) is 0 Å². The first-order chi connectivity index (χ1) is 9.02. The molecule has 0 aliphatic rings. The molecule has 0 unspecified atom stereocenters. The summed E-state index contributed by atoms with van der Waals surface area (Å²) in [6.07, 6.45) is 3.49. The average Bonchev–Trinajstić information content (AvgIpc) is 2.38. The summed E-state index contributed by atoms with van der Waals surface area (Å²) >= 11 is 1.65. The van der Waals surface area contributed by atoms with Gasteiger partial charge in [-0.1, -0.05) is 12.1 Å². The number of nitrogens with one attached hydrogen (secondary N) is 2. The molecule has 2 N–H and O–H groups in total. The second-order valence-electron chi connectivity index (χ2n) is 4.10. The van der Waals surface area contributed by atoms with Crippen LogP contribution in [0.15, 0.2) is 34.3 Å². The zero-order valence-electron chi connectivity index (χ0n) is 11.1. The van der Waals surface area contributed by atoms with E-state index in [2.05, 4.69) is 15.8 Å². The normalized spacial score (nSPS) is 10.7. The summed E-state index contributed by atoms with van der Waals surface area (Å²) in [5.41, 5.74) is 3.03. The molecule has 0 saturated carbocycles. The molecule has 1 aromatic carbocycles. The highest BCUT2D eigenvalue weighted by atomic mass is 32.2. The standard InChI is InChI=1S/C13H17N3O2S/c1-9(2)15-12(17)13(18)16-14-8-10-4-6-11(19-3)7-5-10/h4-9H,1-3H3,(H,15,17)(H,16,18)/b14-8-. The Hall–Kier alpha value is -1.82. The molecule has 1 aromatic rings. The fourth-order valence-electron chi connectivity index (χ4n) is 1.23. The van der Waals surface area contributed by atoms with Crippen molar-refractivity contribution in [2.75, 3.05) is 6.26 Å². The molecular weight excluding hydrogens is 262 g/mol. The van der Waals surface area contributed by atoms with E-state index in [4.69, 9.17) is 0 Å². The van der Waals surface area contributed by atoms with Crippen LogP contribution in [0, 0.1) is 0 Å². The summed E-state index contributed by atoms with van der Waals surface area (Å²) in [4.78, 5) is 23.8. The van der Waals surface area contributed by atoms with Crippen molar-refractivity contribution in [3.05, 3.63) is 29.8 Å². The molecule has 0 radical (unpaired) electrons. The van der Waals surface area contributed by atoms with Crippen LogP contribution in [0.1, 0.15) is 19.4 Å². The third-order valence-electron chi connectivity index (χ3n) is 2.12. The Bertz CT molecular complexity index is 469. The summed E-state index contributed by atoms with van der Waals surface area (Å²) in [5, 5.41) is 6.21. The highest BCUT2D eigenvalue weighted by molar-refractivity contribution is 7.98. The topological polar surface area (TPSA) is 70.6 Å². The number of benzene rings is 1. The highest BCUT2D eigenvalue weighted by Gasteiger charge is 2.12. The molecule has 1 rings (SSSR count). The predicted molar refractivity (Wildman–Crippen MR) is 77.2 cm³/mol. The van der Waals surface area contributed by atoms with E-state index >= 15 is 0 Å². The fourth-order valence-corrected chi connectivity index (χ4v) is 1.64. The van der Waals surface area contributed by atoms with Gasteiger partial charge in [-0.15, -0.1) is 11.8 Å². The Morgan fingerprint density at radius 1 is 1.21 bits per heavy atom. The Kier molecular flexibility index (Phi) is 6.08. The number of carbonyl (C=O) groups excluding carboxylic acids is 2. The average molecular weight is 279 g/mol. The van der Waals surface area contributed by atoms with Crippen LogP contribution in [0.3, 0.4) is 0 Å². The van der Waals surface area contributed by atoms with Gasteiger partial charge in [0.05, 0.1) is 6.21 Å². The first kappa shape index (κ1) is 15.2. The Labute approximate surface area is 116 Å². The van der Waals surface area contributed by atoms with Crippen LogP contribution in [-0.2, 0) is 9.59 Å². The number of rotatable bonds is 4. The molecule has 0 aliphatic heterocycles. The number of hydrogen-bond acceptors (Lipinski definition) is 4. The molecule has 5 nitrogen and oxygen atoms in total. The van der Waals surface area contributed by atoms with Gasteiger partial charge in [0.1, 0.15) is 0 Å². The van der Waals surface area contributed by atoms with Crippen molar-refractivity contribution in [3.8, 4) is 0 Å². The third kappa shape index (κ3) is 5.56. The molecule has 6 heteroatoms. The number of hydrogen-bond donors (Lipinski definition) is 2. The minimum absolute atomic E-state index is 0.0821. The van der Waals surface area contributed by atoms with E-state index in [1.165, 1.54) is 6.21 Å². The van der Waals surface area contributed by atoms with E-state index in [1.807, 2.05) is 30.5 Å². The van der Waals surface area contributed by atoms with Gasteiger partial charge in [-0.25, -0.2) is 5.43 Å². The van der Waals surface area contributed by atoms with Crippen LogP contribution in [0.2, 0.25) is 0 Å². The second-order valence-corrected chi connectivity index (χ2v) is 4.98. The molecule has 19 heavy (non-hydrogen) atoms. The Morgan fingerprint density at radius 3 is 2.37 bits per heavy atom. The lowest BCUT2D eigenvalue weighted by Gasteiger charge is -2.05.